The Kier molecular flexibility index (Phi) is 17.4. The summed E-state index contributed by atoms with van der Waals surface area (Å²) in [4.78, 5) is 106. The molecule has 0 fully saturated rings. The second-order valence-corrected chi connectivity index (χ2v) is 14.3. The van der Waals surface area contributed by atoms with E-state index in [0.717, 1.165) is 10.9 Å². The molecular weight excluding hydrogens is 754 g/mol. The molecule has 0 unspecified atom stereocenters. The minimum atomic E-state index is -1.84. The van der Waals surface area contributed by atoms with E-state index >= 15 is 0 Å². The Hall–Kier alpha value is -6.30. The van der Waals surface area contributed by atoms with Crippen molar-refractivity contribution in [3.8, 4) is 0 Å². The van der Waals surface area contributed by atoms with Crippen LogP contribution in [0.4, 0.5) is 0 Å². The van der Waals surface area contributed by atoms with Gasteiger partial charge >= 0.3 is 17.9 Å². The number of aliphatic carboxylic acids is 3. The lowest BCUT2D eigenvalue weighted by atomic mass is 9.94. The maximum atomic E-state index is 13.9. The Morgan fingerprint density at radius 1 is 0.603 bits per heavy atom. The number of hydrogen-bond donors (Lipinski definition) is 10. The SMILES string of the molecule is CC[C@H](C)[C@H](NC(=O)[C@H](CC(=O)O)NC(=O)[C@H](CC(=O)O)NC(=O)[C@H](N)Cc1ccccc1)C(=O)N[C@H](C(=O)N[C@@H](Cc1c[nH]c2ccccc12)C(=O)O)[C@@H](C)CC. The lowest BCUT2D eigenvalue weighted by molar-refractivity contribution is -0.144. The smallest absolute Gasteiger partial charge is 0.326 e. The number of carboxylic acids is 3. The fraction of sp³-hybridized carbons (Fsp3) is 0.450. The van der Waals surface area contributed by atoms with Gasteiger partial charge in [0.25, 0.3) is 0 Å². The number of benzene rings is 2. The summed E-state index contributed by atoms with van der Waals surface area (Å²) >= 11 is 0. The van der Waals surface area contributed by atoms with Gasteiger partial charge in [-0.1, -0.05) is 89.1 Å². The number of H-pyrrole nitrogens is 1. The summed E-state index contributed by atoms with van der Waals surface area (Å²) in [5.41, 5.74) is 8.14. The molecule has 0 saturated heterocycles. The first-order valence-corrected chi connectivity index (χ1v) is 19.0. The average molecular weight is 808 g/mol. The Balaban J connectivity index is 1.78. The first kappa shape index (κ1) is 46.1. The molecule has 0 aliphatic rings. The van der Waals surface area contributed by atoms with Gasteiger partial charge in [-0.25, -0.2) is 4.79 Å². The summed E-state index contributed by atoms with van der Waals surface area (Å²) in [6.07, 6.45) is 0.434. The second-order valence-electron chi connectivity index (χ2n) is 14.3. The van der Waals surface area contributed by atoms with Gasteiger partial charge in [0.05, 0.1) is 18.9 Å². The molecule has 1 aromatic heterocycles. The van der Waals surface area contributed by atoms with Crippen LogP contribution in [0.1, 0.15) is 64.5 Å². The first-order chi connectivity index (χ1) is 27.4. The van der Waals surface area contributed by atoms with Gasteiger partial charge in [0.2, 0.25) is 29.5 Å². The minimum Gasteiger partial charge on any atom is -0.481 e. The molecule has 2 aromatic carbocycles. The van der Waals surface area contributed by atoms with E-state index < -0.39 is 108 Å². The number of amides is 5. The van der Waals surface area contributed by atoms with Gasteiger partial charge in [-0.2, -0.15) is 0 Å². The first-order valence-electron chi connectivity index (χ1n) is 19.0. The highest BCUT2D eigenvalue weighted by molar-refractivity contribution is 5.98. The van der Waals surface area contributed by atoms with Crippen molar-refractivity contribution in [1.29, 1.82) is 0 Å². The monoisotopic (exact) mass is 807 g/mol. The number of aromatic amines is 1. The quantitative estimate of drug-likeness (QED) is 0.0638. The molecule has 0 aliphatic carbocycles. The molecule has 5 amide bonds. The van der Waals surface area contributed by atoms with Crippen LogP contribution in [-0.4, -0.2) is 104 Å². The number of nitrogens with one attached hydrogen (secondary N) is 6. The third-order valence-electron chi connectivity index (χ3n) is 9.96. The molecule has 3 aromatic rings. The van der Waals surface area contributed by atoms with Crippen LogP contribution in [-0.2, 0) is 51.2 Å². The molecule has 0 spiro atoms. The average Bonchev–Trinajstić information content (AvgIpc) is 3.59. The van der Waals surface area contributed by atoms with Crippen LogP contribution in [0.25, 0.3) is 10.9 Å². The van der Waals surface area contributed by atoms with E-state index in [9.17, 15) is 53.7 Å². The zero-order valence-corrected chi connectivity index (χ0v) is 32.8. The predicted molar refractivity (Wildman–Crippen MR) is 211 cm³/mol. The lowest BCUT2D eigenvalue weighted by Crippen LogP contribution is -2.61. The van der Waals surface area contributed by atoms with Gasteiger partial charge in [0.1, 0.15) is 30.2 Å². The number of nitrogens with two attached hydrogens (primary N) is 1. The summed E-state index contributed by atoms with van der Waals surface area (Å²) < 4.78 is 0. The number of carbonyl (C=O) groups is 8. The number of carbonyl (C=O) groups excluding carboxylic acids is 5. The molecule has 0 bridgehead atoms. The van der Waals surface area contributed by atoms with Crippen LogP contribution in [0.15, 0.2) is 60.8 Å². The van der Waals surface area contributed by atoms with Crippen LogP contribution >= 0.6 is 0 Å². The predicted octanol–water partition coefficient (Wildman–Crippen LogP) is 0.831. The van der Waals surface area contributed by atoms with Crippen molar-refractivity contribution in [2.24, 2.45) is 17.6 Å². The minimum absolute atomic E-state index is 0.0574. The van der Waals surface area contributed by atoms with Gasteiger partial charge in [-0.3, -0.25) is 33.6 Å². The Morgan fingerprint density at radius 2 is 1.07 bits per heavy atom. The zero-order chi connectivity index (χ0) is 43.1. The van der Waals surface area contributed by atoms with E-state index in [0.29, 0.717) is 24.0 Å². The number of hydrogen-bond acceptors (Lipinski definition) is 9. The fourth-order valence-electron chi connectivity index (χ4n) is 6.16. The molecular formula is C40H53N7O11. The summed E-state index contributed by atoms with van der Waals surface area (Å²) in [6, 6.07) is 7.14. The van der Waals surface area contributed by atoms with Crippen molar-refractivity contribution >= 4 is 58.3 Å². The highest BCUT2D eigenvalue weighted by Crippen LogP contribution is 2.20. The molecule has 58 heavy (non-hydrogen) atoms. The molecule has 0 saturated carbocycles. The van der Waals surface area contributed by atoms with Gasteiger partial charge in [-0.15, -0.1) is 0 Å². The number of aromatic nitrogens is 1. The molecule has 0 radical (unpaired) electrons. The maximum absolute atomic E-state index is 13.9. The fourth-order valence-corrected chi connectivity index (χ4v) is 6.16. The van der Waals surface area contributed by atoms with Crippen LogP contribution < -0.4 is 32.3 Å². The Labute approximate surface area is 335 Å². The van der Waals surface area contributed by atoms with E-state index in [1.165, 1.54) is 0 Å². The lowest BCUT2D eigenvalue weighted by Gasteiger charge is -2.30. The largest absolute Gasteiger partial charge is 0.481 e. The Morgan fingerprint density at radius 3 is 1.60 bits per heavy atom. The van der Waals surface area contributed by atoms with E-state index in [4.69, 9.17) is 5.73 Å². The maximum Gasteiger partial charge on any atom is 0.326 e. The van der Waals surface area contributed by atoms with Crippen LogP contribution in [0.3, 0.4) is 0 Å². The summed E-state index contributed by atoms with van der Waals surface area (Å²) in [7, 11) is 0. The normalized spacial score (nSPS) is 15.3. The van der Waals surface area contributed by atoms with Crippen LogP contribution in [0.5, 0.6) is 0 Å². The summed E-state index contributed by atoms with van der Waals surface area (Å²) in [6.45, 7) is 6.78. The zero-order valence-electron chi connectivity index (χ0n) is 32.8. The number of fused-ring (bicyclic) bond motifs is 1. The van der Waals surface area contributed by atoms with E-state index in [1.807, 2.05) is 18.2 Å². The molecule has 3 rings (SSSR count). The molecule has 11 N–H and O–H groups in total. The molecule has 8 atom stereocenters. The molecule has 0 aliphatic heterocycles. The van der Waals surface area contributed by atoms with Crippen molar-refractivity contribution in [3.05, 3.63) is 71.9 Å². The topological polar surface area (TPSA) is 299 Å². The standard InChI is InChI=1S/C40H53N7O11/c1-5-21(3)33(38(55)45-30(40(57)58)17-24-20-42-27-15-11-10-14-25(24)27)47-39(56)34(22(4)6-2)46-37(54)29(19-32(50)51)44-36(53)28(18-31(48)49)43-35(52)26(41)16-23-12-8-7-9-13-23/h7-15,20-22,26,28-30,33-34,42H,5-6,16-19,41H2,1-4H3,(H,43,52)(H,44,53)(H,45,55)(H,46,54)(H,47,56)(H,48,49)(H,50,51)(H,57,58)/t21-,22-,26+,28-,29-,30-,33-,34-/m0/s1. The van der Waals surface area contributed by atoms with Gasteiger partial charge < -0.3 is 52.6 Å². The van der Waals surface area contributed by atoms with Crippen LogP contribution in [0, 0.1) is 11.8 Å². The van der Waals surface area contributed by atoms with E-state index in [1.54, 1.807) is 70.3 Å². The molecule has 18 heteroatoms. The van der Waals surface area contributed by atoms with Gasteiger partial charge in [0, 0.05) is 23.5 Å². The summed E-state index contributed by atoms with van der Waals surface area (Å²) in [5.74, 6) is -10.2. The third-order valence-corrected chi connectivity index (χ3v) is 9.96. The molecule has 18 nitrogen and oxygen atoms in total. The Bertz CT molecular complexity index is 1940. The van der Waals surface area contributed by atoms with Crippen molar-refractivity contribution in [2.75, 3.05) is 0 Å². The van der Waals surface area contributed by atoms with E-state index in [-0.39, 0.29) is 12.8 Å². The van der Waals surface area contributed by atoms with Gasteiger partial charge in [0.15, 0.2) is 0 Å². The van der Waals surface area contributed by atoms with Crippen molar-refractivity contribution < 1.29 is 53.7 Å². The molecule has 314 valence electrons. The van der Waals surface area contributed by atoms with Gasteiger partial charge in [-0.05, 0) is 35.4 Å². The van der Waals surface area contributed by atoms with Crippen molar-refractivity contribution in [3.63, 3.8) is 0 Å². The third kappa shape index (κ3) is 13.4. The highest BCUT2D eigenvalue weighted by Gasteiger charge is 2.37. The molecule has 1 heterocycles. The van der Waals surface area contributed by atoms with Crippen molar-refractivity contribution in [2.45, 2.75) is 102 Å². The highest BCUT2D eigenvalue weighted by atomic mass is 16.4. The second kappa shape index (κ2) is 21.9. The number of rotatable bonds is 23. The number of carboxylic acid groups (broad SMARTS) is 3. The van der Waals surface area contributed by atoms with E-state index in [2.05, 4.69) is 31.6 Å². The number of para-hydroxylation sites is 1. The summed E-state index contributed by atoms with van der Waals surface area (Å²) in [5, 5.41) is 42.0. The van der Waals surface area contributed by atoms with Crippen LogP contribution in [0.2, 0.25) is 0 Å². The van der Waals surface area contributed by atoms with Crippen molar-refractivity contribution in [1.82, 2.24) is 31.6 Å².